The van der Waals surface area contributed by atoms with E-state index in [1.165, 1.54) is 0 Å². The largest absolute Gasteiger partial charge is 0.484 e. The highest BCUT2D eigenvalue weighted by Crippen LogP contribution is 2.28. The maximum Gasteiger partial charge on any atom is 0.289 e. The van der Waals surface area contributed by atoms with E-state index in [1.807, 2.05) is 41.3 Å². The smallest absolute Gasteiger partial charge is 0.289 e. The molecule has 1 N–H and O–H groups in total. The van der Waals surface area contributed by atoms with Crippen molar-refractivity contribution in [1.82, 2.24) is 14.9 Å². The topological polar surface area (TPSA) is 71.4 Å². The van der Waals surface area contributed by atoms with Gasteiger partial charge in [0.25, 0.3) is 5.91 Å². The fourth-order valence-corrected chi connectivity index (χ4v) is 4.18. The number of furan rings is 1. The minimum absolute atomic E-state index is 0.107. The lowest BCUT2D eigenvalue weighted by molar-refractivity contribution is 0.0668. The number of halogens is 1. The quantitative estimate of drug-likeness (QED) is 0.455. The van der Waals surface area contributed by atoms with Gasteiger partial charge in [0.2, 0.25) is 0 Å². The molecular weight excluding hydrogens is 414 g/mol. The van der Waals surface area contributed by atoms with Crippen molar-refractivity contribution in [3.05, 3.63) is 83.0 Å². The fourth-order valence-electron chi connectivity index (χ4n) is 3.99. The van der Waals surface area contributed by atoms with Crippen molar-refractivity contribution >= 4 is 28.5 Å². The summed E-state index contributed by atoms with van der Waals surface area (Å²) in [4.78, 5) is 23.0. The Kier molecular flexibility index (Phi) is 5.38. The van der Waals surface area contributed by atoms with Crippen molar-refractivity contribution in [3.8, 4) is 5.75 Å². The Labute approximate surface area is 184 Å². The number of amides is 1. The Morgan fingerprint density at radius 2 is 2.00 bits per heavy atom. The normalized spacial score (nSPS) is 16.5. The third kappa shape index (κ3) is 4.16. The van der Waals surface area contributed by atoms with Crippen molar-refractivity contribution in [2.45, 2.75) is 25.4 Å². The van der Waals surface area contributed by atoms with E-state index >= 15 is 0 Å². The summed E-state index contributed by atoms with van der Waals surface area (Å²) in [5.74, 6) is 2.50. The summed E-state index contributed by atoms with van der Waals surface area (Å²) in [6, 6.07) is 18.7. The zero-order chi connectivity index (χ0) is 21.2. The van der Waals surface area contributed by atoms with E-state index in [9.17, 15) is 4.79 Å². The Bertz CT molecular complexity index is 1180. The van der Waals surface area contributed by atoms with Gasteiger partial charge < -0.3 is 19.0 Å². The van der Waals surface area contributed by atoms with Gasteiger partial charge in [-0.25, -0.2) is 4.98 Å². The molecule has 31 heavy (non-hydrogen) atoms. The van der Waals surface area contributed by atoms with E-state index in [4.69, 9.17) is 25.7 Å². The summed E-state index contributed by atoms with van der Waals surface area (Å²) < 4.78 is 11.5. The van der Waals surface area contributed by atoms with E-state index < -0.39 is 0 Å². The molecule has 1 amide bonds. The van der Waals surface area contributed by atoms with E-state index in [2.05, 4.69) is 4.98 Å². The lowest BCUT2D eigenvalue weighted by Gasteiger charge is -2.31. The highest BCUT2D eigenvalue weighted by Gasteiger charge is 2.28. The molecule has 4 aromatic rings. The number of carbonyl (C=O) groups excluding carboxylic acids is 1. The number of likely N-dealkylation sites (tertiary alicyclic amines) is 1. The molecule has 2 aromatic carbocycles. The first-order chi connectivity index (χ1) is 15.2. The fraction of sp³-hybridized carbons (Fsp3) is 0.250. The van der Waals surface area contributed by atoms with Gasteiger partial charge in [0.15, 0.2) is 5.76 Å². The number of carbonyl (C=O) groups is 1. The Hall–Kier alpha value is -3.25. The van der Waals surface area contributed by atoms with Crippen LogP contribution in [-0.2, 0) is 6.61 Å². The molecule has 2 aromatic heterocycles. The van der Waals surface area contributed by atoms with Crippen LogP contribution in [0.4, 0.5) is 0 Å². The molecule has 0 aliphatic carbocycles. The summed E-state index contributed by atoms with van der Waals surface area (Å²) in [6.07, 6.45) is 1.93. The summed E-state index contributed by atoms with van der Waals surface area (Å²) >= 11 is 6.11. The van der Waals surface area contributed by atoms with Gasteiger partial charge in [-0.15, -0.1) is 0 Å². The van der Waals surface area contributed by atoms with Gasteiger partial charge in [-0.3, -0.25) is 4.79 Å². The first kappa shape index (κ1) is 19.7. The minimum Gasteiger partial charge on any atom is -0.484 e. The third-order valence-corrected chi connectivity index (χ3v) is 5.89. The summed E-state index contributed by atoms with van der Waals surface area (Å²) in [6.45, 7) is 1.53. The maximum atomic E-state index is 13.0. The molecule has 6 nitrogen and oxygen atoms in total. The van der Waals surface area contributed by atoms with Crippen LogP contribution in [0.5, 0.6) is 5.75 Å². The number of aromatic amines is 1. The van der Waals surface area contributed by atoms with Crippen LogP contribution >= 0.6 is 11.6 Å². The van der Waals surface area contributed by atoms with Gasteiger partial charge in [0, 0.05) is 19.0 Å². The number of rotatable bonds is 5. The number of aromatic nitrogens is 2. The molecular formula is C24H22ClN3O3. The maximum absolute atomic E-state index is 13.0. The Morgan fingerprint density at radius 3 is 2.87 bits per heavy atom. The standard InChI is InChI=1S/C24H22ClN3O3/c25-18-7-1-4-10-21(18)30-15-17-11-12-22(31-17)24(29)28-13-5-6-16(14-28)23-26-19-8-2-3-9-20(19)27-23/h1-4,7-12,16H,5-6,13-15H2,(H,26,27). The van der Waals surface area contributed by atoms with Crippen molar-refractivity contribution in [2.75, 3.05) is 13.1 Å². The predicted molar refractivity (Wildman–Crippen MR) is 118 cm³/mol. The highest BCUT2D eigenvalue weighted by atomic mass is 35.5. The lowest BCUT2D eigenvalue weighted by Crippen LogP contribution is -2.39. The van der Waals surface area contributed by atoms with Gasteiger partial charge in [-0.1, -0.05) is 35.9 Å². The van der Waals surface area contributed by atoms with Gasteiger partial charge >= 0.3 is 0 Å². The molecule has 1 fully saturated rings. The SMILES string of the molecule is O=C(c1ccc(COc2ccccc2Cl)o1)N1CCCC(c2nc3ccccc3[nH]2)C1. The van der Waals surface area contributed by atoms with Crippen LogP contribution in [0.25, 0.3) is 11.0 Å². The van der Waals surface area contributed by atoms with Crippen LogP contribution in [0, 0.1) is 0 Å². The van der Waals surface area contributed by atoms with E-state index in [0.29, 0.717) is 35.4 Å². The van der Waals surface area contributed by atoms with Crippen LogP contribution in [0.15, 0.2) is 65.1 Å². The number of para-hydroxylation sites is 3. The Balaban J connectivity index is 1.25. The number of piperidine rings is 1. The molecule has 0 bridgehead atoms. The number of fused-ring (bicyclic) bond motifs is 1. The highest BCUT2D eigenvalue weighted by molar-refractivity contribution is 6.32. The van der Waals surface area contributed by atoms with Gasteiger partial charge in [0.1, 0.15) is 23.9 Å². The molecule has 1 aliphatic heterocycles. The zero-order valence-corrected chi connectivity index (χ0v) is 17.6. The van der Waals surface area contributed by atoms with E-state index in [-0.39, 0.29) is 18.4 Å². The Morgan fingerprint density at radius 1 is 1.16 bits per heavy atom. The van der Waals surface area contributed by atoms with Crippen LogP contribution < -0.4 is 4.74 Å². The molecule has 5 rings (SSSR count). The summed E-state index contributed by atoms with van der Waals surface area (Å²) in [5.41, 5.74) is 1.98. The molecule has 1 atom stereocenters. The average Bonchev–Trinajstić information content (AvgIpc) is 3.45. The predicted octanol–water partition coefficient (Wildman–Crippen LogP) is 5.41. The first-order valence-electron chi connectivity index (χ1n) is 10.4. The molecule has 1 saturated heterocycles. The lowest BCUT2D eigenvalue weighted by atomic mass is 9.97. The van der Waals surface area contributed by atoms with Crippen LogP contribution in [0.1, 0.15) is 40.9 Å². The number of ether oxygens (including phenoxy) is 1. The second-order valence-corrected chi connectivity index (χ2v) is 8.12. The molecule has 7 heteroatoms. The number of hydrogen-bond donors (Lipinski definition) is 1. The van der Waals surface area contributed by atoms with E-state index in [1.54, 1.807) is 24.3 Å². The molecule has 0 radical (unpaired) electrons. The summed E-state index contributed by atoms with van der Waals surface area (Å²) in [7, 11) is 0. The van der Waals surface area contributed by atoms with E-state index in [0.717, 1.165) is 29.7 Å². The average molecular weight is 436 g/mol. The monoisotopic (exact) mass is 435 g/mol. The number of hydrogen-bond acceptors (Lipinski definition) is 4. The molecule has 0 spiro atoms. The molecule has 3 heterocycles. The van der Waals surface area contributed by atoms with Crippen molar-refractivity contribution in [1.29, 1.82) is 0 Å². The minimum atomic E-state index is -0.107. The van der Waals surface area contributed by atoms with Crippen LogP contribution in [0.3, 0.4) is 0 Å². The number of nitrogens with zero attached hydrogens (tertiary/aromatic N) is 2. The number of imidazole rings is 1. The van der Waals surface area contributed by atoms with Crippen molar-refractivity contribution < 1.29 is 13.9 Å². The zero-order valence-electron chi connectivity index (χ0n) is 16.9. The van der Waals surface area contributed by atoms with Crippen molar-refractivity contribution in [2.24, 2.45) is 0 Å². The first-order valence-corrected chi connectivity index (χ1v) is 10.7. The van der Waals surface area contributed by atoms with Crippen LogP contribution in [-0.4, -0.2) is 33.9 Å². The van der Waals surface area contributed by atoms with Crippen molar-refractivity contribution in [3.63, 3.8) is 0 Å². The van der Waals surface area contributed by atoms with Gasteiger partial charge in [0.05, 0.1) is 16.1 Å². The number of H-pyrrole nitrogens is 1. The summed E-state index contributed by atoms with van der Waals surface area (Å²) in [5, 5.41) is 0.537. The van der Waals surface area contributed by atoms with Gasteiger partial charge in [-0.2, -0.15) is 0 Å². The number of benzene rings is 2. The second kappa shape index (κ2) is 8.47. The second-order valence-electron chi connectivity index (χ2n) is 7.71. The molecule has 0 saturated carbocycles. The molecule has 1 unspecified atom stereocenters. The molecule has 1 aliphatic rings. The number of nitrogens with one attached hydrogen (secondary N) is 1. The van der Waals surface area contributed by atoms with Gasteiger partial charge in [-0.05, 0) is 49.2 Å². The van der Waals surface area contributed by atoms with Crippen LogP contribution in [0.2, 0.25) is 5.02 Å². The molecule has 158 valence electrons. The third-order valence-electron chi connectivity index (χ3n) is 5.58.